The van der Waals surface area contributed by atoms with Gasteiger partial charge in [-0.15, -0.1) is 0 Å². The smallest absolute Gasteiger partial charge is 0.233 e. The lowest BCUT2D eigenvalue weighted by Gasteiger charge is -2.08. The molecule has 0 bridgehead atoms. The minimum Gasteiger partial charge on any atom is -0.233 e. The van der Waals surface area contributed by atoms with Crippen LogP contribution in [0.1, 0.15) is 5.56 Å². The summed E-state index contributed by atoms with van der Waals surface area (Å²) < 4.78 is 27.2. The van der Waals surface area contributed by atoms with Crippen LogP contribution in [0.25, 0.3) is 11.2 Å². The topological polar surface area (TPSA) is 64.8 Å². The molecule has 2 aromatic heterocycles. The van der Waals surface area contributed by atoms with E-state index in [-0.39, 0.29) is 15.7 Å². The Morgan fingerprint density at radius 3 is 2.57 bits per heavy atom. The molecular weight excluding hydrogens is 425 g/mol. The number of aryl methyl sites for hydroxylation is 1. The van der Waals surface area contributed by atoms with E-state index in [1.165, 1.54) is 10.2 Å². The summed E-state index contributed by atoms with van der Waals surface area (Å²) in [5.41, 5.74) is 1.71. The molecule has 0 fully saturated rings. The van der Waals surface area contributed by atoms with E-state index in [0.717, 1.165) is 5.56 Å². The van der Waals surface area contributed by atoms with Gasteiger partial charge in [-0.1, -0.05) is 29.3 Å². The third-order valence-electron chi connectivity index (χ3n) is 2.95. The number of nitrogens with zero attached hydrogens (tertiary/aromatic N) is 3. The van der Waals surface area contributed by atoms with Gasteiger partial charge in [-0.25, -0.2) is 22.4 Å². The number of halogens is 2. The molecule has 0 spiro atoms. The van der Waals surface area contributed by atoms with Crippen molar-refractivity contribution in [3.05, 3.63) is 50.9 Å². The van der Waals surface area contributed by atoms with Gasteiger partial charge in [-0.05, 0) is 47.7 Å². The van der Waals surface area contributed by atoms with Crippen molar-refractivity contribution in [1.29, 1.82) is 0 Å². The predicted octanol–water partition coefficient (Wildman–Crippen LogP) is 3.23. The molecule has 0 saturated heterocycles. The molecule has 0 atom stereocenters. The summed E-state index contributed by atoms with van der Waals surface area (Å²) in [6, 6.07) is 8.31. The maximum atomic E-state index is 12.8. The maximum absolute atomic E-state index is 12.8. The Kier molecular flexibility index (Phi) is 3.66. The van der Waals surface area contributed by atoms with Gasteiger partial charge in [0.1, 0.15) is 10.7 Å². The minimum atomic E-state index is -3.72. The molecule has 0 amide bonds. The number of fused-ring (bicyclic) bond motifs is 1. The van der Waals surface area contributed by atoms with E-state index < -0.39 is 10.0 Å². The van der Waals surface area contributed by atoms with Gasteiger partial charge < -0.3 is 0 Å². The monoisotopic (exact) mass is 433 g/mol. The minimum absolute atomic E-state index is 0.209. The van der Waals surface area contributed by atoms with Gasteiger partial charge in [-0.3, -0.25) is 0 Å². The van der Waals surface area contributed by atoms with Gasteiger partial charge in [0.2, 0.25) is 0 Å². The fraction of sp³-hybridized carbons (Fsp3) is 0.0769. The van der Waals surface area contributed by atoms with Crippen LogP contribution >= 0.6 is 34.2 Å². The zero-order chi connectivity index (χ0) is 15.2. The van der Waals surface area contributed by atoms with Crippen LogP contribution < -0.4 is 0 Å². The van der Waals surface area contributed by atoms with Crippen LogP contribution in [-0.2, 0) is 10.0 Å². The summed E-state index contributed by atoms with van der Waals surface area (Å²) in [7, 11) is -3.72. The van der Waals surface area contributed by atoms with Gasteiger partial charge >= 0.3 is 0 Å². The first-order valence-electron chi connectivity index (χ1n) is 5.91. The number of benzene rings is 1. The van der Waals surface area contributed by atoms with Crippen molar-refractivity contribution in [2.24, 2.45) is 0 Å². The zero-order valence-corrected chi connectivity index (χ0v) is 14.5. The fourth-order valence-corrected chi connectivity index (χ4v) is 4.73. The summed E-state index contributed by atoms with van der Waals surface area (Å²) in [6.45, 7) is 1.90. The highest BCUT2D eigenvalue weighted by atomic mass is 127. The lowest BCUT2D eigenvalue weighted by atomic mass is 10.2. The molecule has 108 valence electrons. The van der Waals surface area contributed by atoms with Crippen molar-refractivity contribution in [3.8, 4) is 0 Å². The molecule has 0 unspecified atom stereocenters. The van der Waals surface area contributed by atoms with Crippen LogP contribution in [0, 0.1) is 10.6 Å². The van der Waals surface area contributed by atoms with E-state index in [4.69, 9.17) is 11.6 Å². The van der Waals surface area contributed by atoms with Crippen LogP contribution in [-0.4, -0.2) is 22.4 Å². The van der Waals surface area contributed by atoms with E-state index >= 15 is 0 Å². The van der Waals surface area contributed by atoms with Crippen molar-refractivity contribution in [2.75, 3.05) is 0 Å². The van der Waals surface area contributed by atoms with Crippen LogP contribution in [0.4, 0.5) is 0 Å². The average molecular weight is 434 g/mol. The SMILES string of the molecule is Cc1ccc(S(=O)(=O)n2c(I)cc3nc(Cl)cnc32)cc1. The predicted molar refractivity (Wildman–Crippen MR) is 89.0 cm³/mol. The average Bonchev–Trinajstić information content (AvgIpc) is 2.74. The highest BCUT2D eigenvalue weighted by Crippen LogP contribution is 2.25. The van der Waals surface area contributed by atoms with Crippen molar-refractivity contribution in [1.82, 2.24) is 13.9 Å². The Balaban J connectivity index is 2.28. The van der Waals surface area contributed by atoms with Gasteiger partial charge in [0.25, 0.3) is 10.0 Å². The summed E-state index contributed by atoms with van der Waals surface area (Å²) >= 11 is 7.74. The second kappa shape index (κ2) is 5.22. The molecule has 21 heavy (non-hydrogen) atoms. The van der Waals surface area contributed by atoms with Crippen LogP contribution in [0.5, 0.6) is 0 Å². The lowest BCUT2D eigenvalue weighted by Crippen LogP contribution is -2.15. The molecule has 0 aliphatic carbocycles. The van der Waals surface area contributed by atoms with Gasteiger partial charge in [-0.2, -0.15) is 0 Å². The highest BCUT2D eigenvalue weighted by molar-refractivity contribution is 14.1. The van der Waals surface area contributed by atoms with E-state index in [0.29, 0.717) is 9.22 Å². The van der Waals surface area contributed by atoms with Crippen LogP contribution in [0.3, 0.4) is 0 Å². The summed E-state index contributed by atoms with van der Waals surface area (Å²) in [4.78, 5) is 8.40. The van der Waals surface area contributed by atoms with Crippen molar-refractivity contribution >= 4 is 55.4 Å². The molecule has 0 aliphatic rings. The Labute approximate surface area is 140 Å². The van der Waals surface area contributed by atoms with Gasteiger partial charge in [0.15, 0.2) is 5.65 Å². The van der Waals surface area contributed by atoms with Gasteiger partial charge in [0.05, 0.1) is 14.8 Å². The molecule has 3 aromatic rings. The van der Waals surface area contributed by atoms with E-state index in [1.54, 1.807) is 30.3 Å². The summed E-state index contributed by atoms with van der Waals surface area (Å²) in [5.74, 6) is 0. The Morgan fingerprint density at radius 1 is 1.24 bits per heavy atom. The summed E-state index contributed by atoms with van der Waals surface area (Å²) in [5, 5.41) is 0.226. The second-order valence-corrected chi connectivity index (χ2v) is 7.73. The standard InChI is InChI=1S/C13H9ClIN3O2S/c1-8-2-4-9(5-3-8)21(19,20)18-12(15)6-10-13(18)16-7-11(14)17-10/h2-7H,1H3. The fourth-order valence-electron chi connectivity index (χ4n) is 1.94. The third-order valence-corrected chi connectivity index (χ3v) is 5.97. The van der Waals surface area contributed by atoms with E-state index in [9.17, 15) is 8.42 Å². The second-order valence-electron chi connectivity index (χ2n) is 4.45. The molecular formula is C13H9ClIN3O2S. The van der Waals surface area contributed by atoms with E-state index in [2.05, 4.69) is 9.97 Å². The largest absolute Gasteiger partial charge is 0.270 e. The van der Waals surface area contributed by atoms with Crippen molar-refractivity contribution < 1.29 is 8.42 Å². The quantitative estimate of drug-likeness (QED) is 0.582. The molecule has 3 rings (SSSR count). The first-order chi connectivity index (χ1) is 9.89. The molecule has 0 radical (unpaired) electrons. The zero-order valence-electron chi connectivity index (χ0n) is 10.8. The first kappa shape index (κ1) is 14.7. The molecule has 1 aromatic carbocycles. The number of rotatable bonds is 2. The molecule has 0 saturated carbocycles. The third kappa shape index (κ3) is 2.53. The van der Waals surface area contributed by atoms with E-state index in [1.807, 2.05) is 29.5 Å². The molecule has 8 heteroatoms. The summed E-state index contributed by atoms with van der Waals surface area (Å²) in [6.07, 6.45) is 1.33. The maximum Gasteiger partial charge on any atom is 0.270 e. The van der Waals surface area contributed by atoms with Crippen LogP contribution in [0.15, 0.2) is 41.4 Å². The Hall–Kier alpha value is -1.19. The Morgan fingerprint density at radius 2 is 1.90 bits per heavy atom. The molecule has 5 nitrogen and oxygen atoms in total. The molecule has 2 heterocycles. The molecule has 0 aliphatic heterocycles. The van der Waals surface area contributed by atoms with Crippen LogP contribution in [0.2, 0.25) is 5.15 Å². The molecule has 0 N–H and O–H groups in total. The first-order valence-corrected chi connectivity index (χ1v) is 8.81. The lowest BCUT2D eigenvalue weighted by molar-refractivity contribution is 0.587. The van der Waals surface area contributed by atoms with Crippen molar-refractivity contribution in [2.45, 2.75) is 11.8 Å². The van der Waals surface area contributed by atoms with Gasteiger partial charge in [0, 0.05) is 0 Å². The number of hydrogen-bond donors (Lipinski definition) is 0. The Bertz CT molecular complexity index is 936. The number of aromatic nitrogens is 3. The van der Waals surface area contributed by atoms with Crippen molar-refractivity contribution in [3.63, 3.8) is 0 Å². The number of hydrogen-bond acceptors (Lipinski definition) is 4. The normalized spacial score (nSPS) is 12.0. The highest BCUT2D eigenvalue weighted by Gasteiger charge is 2.23.